The third-order valence-electron chi connectivity index (χ3n) is 13.6. The Kier molecular flexibility index (Phi) is 8.73. The molecule has 0 N–H and O–H groups in total. The van der Waals surface area contributed by atoms with Crippen LogP contribution in [0, 0.1) is 0 Å². The van der Waals surface area contributed by atoms with Crippen LogP contribution < -0.4 is 0 Å². The van der Waals surface area contributed by atoms with Crippen LogP contribution in [0.15, 0.2) is 231 Å². The summed E-state index contributed by atoms with van der Waals surface area (Å²) < 4.78 is 4.77. The molecule has 0 amide bonds. The predicted octanol–water partition coefficient (Wildman–Crippen LogP) is 17.1. The van der Waals surface area contributed by atoms with Crippen molar-refractivity contribution in [3.63, 3.8) is 0 Å². The molecule has 14 aromatic rings. The lowest BCUT2D eigenvalue weighted by molar-refractivity contribution is 1.07. The lowest BCUT2D eigenvalue weighted by Gasteiger charge is -2.12. The maximum absolute atomic E-state index is 5.23. The SMILES string of the molecule is c1ccc(-c2nc(-c3ccc4c(c3)sc3ccc(-c5cccc(-c6ccc7c8ccccc8c8ccccc8c7c6)c5)cc34)nc(-c3ccc4c5ccccc5n(-c5ccccc5)c4c3)n2)cc1. The highest BCUT2D eigenvalue weighted by molar-refractivity contribution is 7.25. The van der Waals surface area contributed by atoms with E-state index in [-0.39, 0.29) is 0 Å². The molecule has 0 saturated carbocycles. The van der Waals surface area contributed by atoms with Gasteiger partial charge in [0.25, 0.3) is 0 Å². The molecule has 0 aliphatic rings. The van der Waals surface area contributed by atoms with Gasteiger partial charge in [-0.2, -0.15) is 0 Å². The van der Waals surface area contributed by atoms with Crippen LogP contribution >= 0.6 is 11.3 Å². The van der Waals surface area contributed by atoms with Gasteiger partial charge in [0.15, 0.2) is 17.5 Å². The molecule has 3 heterocycles. The van der Waals surface area contributed by atoms with Crippen LogP contribution in [-0.2, 0) is 0 Å². The molecule has 0 aliphatic heterocycles. The molecule has 0 fully saturated rings. The van der Waals surface area contributed by atoms with Gasteiger partial charge in [0.2, 0.25) is 0 Å². The van der Waals surface area contributed by atoms with Gasteiger partial charge in [-0.15, -0.1) is 11.3 Å². The highest BCUT2D eigenvalue weighted by atomic mass is 32.1. The number of nitrogens with zero attached hydrogens (tertiary/aromatic N) is 4. The second kappa shape index (κ2) is 15.4. The Morgan fingerprint density at radius 3 is 1.40 bits per heavy atom. The maximum Gasteiger partial charge on any atom is 0.164 e. The number of thiophene rings is 1. The maximum atomic E-state index is 5.23. The smallest absolute Gasteiger partial charge is 0.164 e. The van der Waals surface area contributed by atoms with Gasteiger partial charge in [-0.25, -0.2) is 15.0 Å². The fourth-order valence-corrected chi connectivity index (χ4v) is 11.5. The minimum absolute atomic E-state index is 0.634. The number of rotatable bonds is 6. The van der Waals surface area contributed by atoms with E-state index in [1.54, 1.807) is 0 Å². The zero-order valence-electron chi connectivity index (χ0n) is 36.6. The van der Waals surface area contributed by atoms with Crippen molar-refractivity contribution in [2.45, 2.75) is 0 Å². The summed E-state index contributed by atoms with van der Waals surface area (Å²) in [4.78, 5) is 15.5. The van der Waals surface area contributed by atoms with E-state index in [0.29, 0.717) is 17.5 Å². The second-order valence-corrected chi connectivity index (χ2v) is 18.6. The molecule has 11 aromatic carbocycles. The molecule has 0 radical (unpaired) electrons. The van der Waals surface area contributed by atoms with Crippen LogP contribution in [0.3, 0.4) is 0 Å². The molecule has 0 atom stereocenters. The second-order valence-electron chi connectivity index (χ2n) is 17.5. The van der Waals surface area contributed by atoms with Gasteiger partial charge in [-0.3, -0.25) is 0 Å². The number of hydrogen-bond donors (Lipinski definition) is 0. The lowest BCUT2D eigenvalue weighted by atomic mass is 9.91. The quantitative estimate of drug-likeness (QED) is 0.156. The molecule has 0 unspecified atom stereocenters. The zero-order valence-corrected chi connectivity index (χ0v) is 37.5. The van der Waals surface area contributed by atoms with E-state index in [9.17, 15) is 0 Å². The van der Waals surface area contributed by atoms with Crippen LogP contribution in [0.2, 0.25) is 0 Å². The van der Waals surface area contributed by atoms with Crippen molar-refractivity contribution in [1.82, 2.24) is 19.5 Å². The summed E-state index contributed by atoms with van der Waals surface area (Å²) in [6.45, 7) is 0. The Labute approximate surface area is 395 Å². The highest BCUT2D eigenvalue weighted by Crippen LogP contribution is 2.41. The van der Waals surface area contributed by atoms with Gasteiger partial charge in [-0.1, -0.05) is 176 Å². The van der Waals surface area contributed by atoms with Crippen molar-refractivity contribution < 1.29 is 0 Å². The third kappa shape index (κ3) is 6.24. The molecule has 0 spiro atoms. The van der Waals surface area contributed by atoms with Gasteiger partial charge in [0.1, 0.15) is 0 Å². The number of benzene rings is 11. The molecule has 0 aliphatic carbocycles. The van der Waals surface area contributed by atoms with Gasteiger partial charge < -0.3 is 4.57 Å². The number of aromatic nitrogens is 4. The Balaban J connectivity index is 0.851. The topological polar surface area (TPSA) is 43.6 Å². The number of para-hydroxylation sites is 2. The van der Waals surface area contributed by atoms with Crippen molar-refractivity contribution in [3.8, 4) is 62.1 Å². The molecule has 4 nitrogen and oxygen atoms in total. The fourth-order valence-electron chi connectivity index (χ4n) is 10.4. The first-order valence-corrected chi connectivity index (χ1v) is 23.8. The molecule has 14 rings (SSSR count). The van der Waals surface area contributed by atoms with E-state index >= 15 is 0 Å². The Morgan fingerprint density at radius 2 is 0.706 bits per heavy atom. The van der Waals surface area contributed by atoms with E-state index in [4.69, 9.17) is 15.0 Å². The van der Waals surface area contributed by atoms with Crippen LogP contribution in [0.4, 0.5) is 0 Å². The minimum atomic E-state index is 0.634. The van der Waals surface area contributed by atoms with Gasteiger partial charge in [0, 0.05) is 53.3 Å². The average molecular weight is 883 g/mol. The molecular weight excluding hydrogens is 845 g/mol. The fraction of sp³-hybridized carbons (Fsp3) is 0. The third-order valence-corrected chi connectivity index (χ3v) is 14.8. The summed E-state index contributed by atoms with van der Waals surface area (Å²) in [5.41, 5.74) is 11.0. The molecule has 3 aromatic heterocycles. The Hall–Kier alpha value is -8.77. The summed E-state index contributed by atoms with van der Waals surface area (Å²) >= 11 is 1.81. The molecule has 0 saturated heterocycles. The van der Waals surface area contributed by atoms with Crippen LogP contribution in [-0.4, -0.2) is 19.5 Å². The van der Waals surface area contributed by atoms with Crippen molar-refractivity contribution in [2.24, 2.45) is 0 Å². The Bertz CT molecular complexity index is 4290. The summed E-state index contributed by atoms with van der Waals surface area (Å²) in [5, 5.41) is 12.6. The van der Waals surface area contributed by atoms with Crippen LogP contribution in [0.1, 0.15) is 0 Å². The summed E-state index contributed by atoms with van der Waals surface area (Å²) in [5.74, 6) is 1.92. The number of fused-ring (bicyclic) bond motifs is 12. The van der Waals surface area contributed by atoms with Crippen LogP contribution in [0.5, 0.6) is 0 Å². The van der Waals surface area contributed by atoms with Gasteiger partial charge in [-0.05, 0) is 109 Å². The highest BCUT2D eigenvalue weighted by Gasteiger charge is 2.18. The van der Waals surface area contributed by atoms with Crippen LogP contribution in [0.25, 0.3) is 136 Å². The van der Waals surface area contributed by atoms with Gasteiger partial charge >= 0.3 is 0 Å². The molecule has 0 bridgehead atoms. The molecule has 316 valence electrons. The monoisotopic (exact) mass is 882 g/mol. The lowest BCUT2D eigenvalue weighted by Crippen LogP contribution is -2.00. The van der Waals surface area contributed by atoms with Crippen molar-refractivity contribution in [3.05, 3.63) is 231 Å². The average Bonchev–Trinajstić information content (AvgIpc) is 3.96. The van der Waals surface area contributed by atoms with Crippen molar-refractivity contribution in [1.29, 1.82) is 0 Å². The largest absolute Gasteiger partial charge is 0.309 e. The first kappa shape index (κ1) is 38.5. The normalized spacial score (nSPS) is 11.8. The number of hydrogen-bond acceptors (Lipinski definition) is 4. The van der Waals surface area contributed by atoms with E-state index in [2.05, 4.69) is 217 Å². The summed E-state index contributed by atoms with van der Waals surface area (Å²) in [6.07, 6.45) is 0. The first-order valence-electron chi connectivity index (χ1n) is 23.0. The predicted molar refractivity (Wildman–Crippen MR) is 287 cm³/mol. The van der Waals surface area contributed by atoms with Crippen molar-refractivity contribution in [2.75, 3.05) is 0 Å². The van der Waals surface area contributed by atoms with E-state index in [1.807, 2.05) is 29.5 Å². The standard InChI is InChI=1S/C63H38N4S/c1-3-14-39(15-4-1)61-64-62(44-27-31-53-52-24-11-12-25-57(52)67(58(53)37-44)46-18-5-2-6-19-46)66-63(65-61)45-28-32-54-56-36-43(29-33-59(56)68-60(54)38-45)41-17-13-16-40(34-41)42-26-30-51-49-22-8-7-20-47(49)48-21-9-10-23-50(48)55(51)35-42/h1-38H. The van der Waals surface area contributed by atoms with E-state index in [1.165, 1.54) is 85.5 Å². The Morgan fingerprint density at radius 1 is 0.250 bits per heavy atom. The molecular formula is C63H38N4S. The van der Waals surface area contributed by atoms with E-state index in [0.717, 1.165) is 33.4 Å². The minimum Gasteiger partial charge on any atom is -0.309 e. The summed E-state index contributed by atoms with van der Waals surface area (Å²) in [6, 6.07) is 82.9. The molecule has 68 heavy (non-hydrogen) atoms. The van der Waals surface area contributed by atoms with Crippen molar-refractivity contribution >= 4 is 85.6 Å². The summed E-state index contributed by atoms with van der Waals surface area (Å²) in [7, 11) is 0. The van der Waals surface area contributed by atoms with Gasteiger partial charge in [0.05, 0.1) is 11.0 Å². The first-order chi connectivity index (χ1) is 33.7. The zero-order chi connectivity index (χ0) is 44.7. The molecule has 5 heteroatoms. The van der Waals surface area contributed by atoms with E-state index < -0.39 is 0 Å².